The summed E-state index contributed by atoms with van der Waals surface area (Å²) in [6, 6.07) is 8.51. The van der Waals surface area contributed by atoms with Crippen LogP contribution in [0.15, 0.2) is 30.3 Å². The predicted molar refractivity (Wildman–Crippen MR) is 64.8 cm³/mol. The summed E-state index contributed by atoms with van der Waals surface area (Å²) in [6.45, 7) is -0.488. The number of rotatable bonds is 3. The molecule has 2 aromatic rings. The maximum absolute atomic E-state index is 9.75. The number of hydrogen-bond donors (Lipinski definition) is 3. The van der Waals surface area contributed by atoms with Crippen LogP contribution in [0.5, 0.6) is 0 Å². The van der Waals surface area contributed by atoms with Crippen LogP contribution in [0.2, 0.25) is 5.15 Å². The van der Waals surface area contributed by atoms with Crippen LogP contribution in [-0.2, 0) is 0 Å². The Hall–Kier alpha value is -1.20. The largest absolute Gasteiger partial charge is 0.394 e. The normalized spacial score (nSPS) is 14.8. The fraction of sp³-hybridized carbons (Fsp3) is 0.250. The van der Waals surface area contributed by atoms with E-state index in [1.54, 1.807) is 30.3 Å². The molecule has 0 saturated carbocycles. The Balaban J connectivity index is 2.41. The summed E-state index contributed by atoms with van der Waals surface area (Å²) in [6.07, 6.45) is -2.30. The van der Waals surface area contributed by atoms with Crippen LogP contribution in [0.1, 0.15) is 11.7 Å². The van der Waals surface area contributed by atoms with Gasteiger partial charge >= 0.3 is 0 Å². The summed E-state index contributed by atoms with van der Waals surface area (Å²) < 4.78 is 0. The molecule has 1 heterocycles. The second-order valence-corrected chi connectivity index (χ2v) is 4.17. The molecule has 0 fully saturated rings. The highest BCUT2D eigenvalue weighted by Crippen LogP contribution is 2.22. The van der Waals surface area contributed by atoms with Gasteiger partial charge in [0.25, 0.3) is 0 Å². The zero-order valence-electron chi connectivity index (χ0n) is 8.92. The van der Waals surface area contributed by atoms with E-state index in [4.69, 9.17) is 16.7 Å². The van der Waals surface area contributed by atoms with Gasteiger partial charge in [0.2, 0.25) is 0 Å². The van der Waals surface area contributed by atoms with Crippen molar-refractivity contribution in [2.75, 3.05) is 6.61 Å². The van der Waals surface area contributed by atoms with Crippen molar-refractivity contribution < 1.29 is 15.3 Å². The molecular weight excluding hydrogens is 242 g/mol. The van der Waals surface area contributed by atoms with Gasteiger partial charge in [-0.25, -0.2) is 4.98 Å². The fourth-order valence-electron chi connectivity index (χ4n) is 1.63. The average molecular weight is 254 g/mol. The summed E-state index contributed by atoms with van der Waals surface area (Å²) in [5.41, 5.74) is 1.25. The number of aliphatic hydroxyl groups excluding tert-OH is 3. The van der Waals surface area contributed by atoms with Crippen LogP contribution in [0.3, 0.4) is 0 Å². The molecule has 0 bridgehead atoms. The predicted octanol–water partition coefficient (Wildman–Crippen LogP) is 1.27. The van der Waals surface area contributed by atoms with Crippen molar-refractivity contribution in [3.05, 3.63) is 41.0 Å². The topological polar surface area (TPSA) is 73.6 Å². The lowest BCUT2D eigenvalue weighted by Gasteiger charge is -2.16. The summed E-state index contributed by atoms with van der Waals surface area (Å²) in [4.78, 5) is 4.11. The van der Waals surface area contributed by atoms with Crippen molar-refractivity contribution in [1.29, 1.82) is 0 Å². The molecule has 2 atom stereocenters. The molecule has 4 nitrogen and oxygen atoms in total. The van der Waals surface area contributed by atoms with Crippen LogP contribution in [0.25, 0.3) is 10.9 Å². The molecule has 0 aliphatic carbocycles. The zero-order valence-corrected chi connectivity index (χ0v) is 9.67. The van der Waals surface area contributed by atoms with E-state index in [1.165, 1.54) is 0 Å². The van der Waals surface area contributed by atoms with E-state index < -0.39 is 18.8 Å². The maximum Gasteiger partial charge on any atom is 0.129 e. The third-order valence-corrected chi connectivity index (χ3v) is 2.78. The number of hydrogen-bond acceptors (Lipinski definition) is 4. The monoisotopic (exact) mass is 253 g/mol. The molecule has 2 unspecified atom stereocenters. The Labute approximate surface area is 103 Å². The number of nitrogens with zero attached hydrogens (tertiary/aromatic N) is 1. The highest BCUT2D eigenvalue weighted by Gasteiger charge is 2.17. The van der Waals surface area contributed by atoms with Crippen molar-refractivity contribution >= 4 is 22.5 Å². The first-order valence-electron chi connectivity index (χ1n) is 5.15. The molecule has 0 aliphatic heterocycles. The number of halogens is 1. The molecule has 0 amide bonds. The molecule has 90 valence electrons. The molecule has 0 aliphatic rings. The lowest BCUT2D eigenvalue weighted by atomic mass is 10.0. The summed E-state index contributed by atoms with van der Waals surface area (Å²) in [5, 5.41) is 29.1. The molecule has 0 saturated heterocycles. The number of pyridine rings is 1. The van der Waals surface area contributed by atoms with Crippen molar-refractivity contribution in [3.63, 3.8) is 0 Å². The summed E-state index contributed by atoms with van der Waals surface area (Å²) in [5.74, 6) is 0. The van der Waals surface area contributed by atoms with Crippen LogP contribution in [0.4, 0.5) is 0 Å². The molecule has 2 rings (SSSR count). The minimum Gasteiger partial charge on any atom is -0.394 e. The third-order valence-electron chi connectivity index (χ3n) is 2.57. The first-order valence-corrected chi connectivity index (χ1v) is 5.53. The van der Waals surface area contributed by atoms with Crippen molar-refractivity contribution in [2.24, 2.45) is 0 Å². The smallest absolute Gasteiger partial charge is 0.129 e. The van der Waals surface area contributed by atoms with Crippen LogP contribution >= 0.6 is 11.6 Å². The standard InChI is InChI=1S/C12H12ClNO3/c13-11-4-2-7-5-8(1-3-9(7)14-11)12(17)10(16)6-15/h1-5,10,12,15-17H,6H2. The molecule has 1 aromatic heterocycles. The van der Waals surface area contributed by atoms with Crippen molar-refractivity contribution in [1.82, 2.24) is 4.98 Å². The van der Waals surface area contributed by atoms with Gasteiger partial charge in [-0.1, -0.05) is 17.7 Å². The van der Waals surface area contributed by atoms with Crippen molar-refractivity contribution in [2.45, 2.75) is 12.2 Å². The Bertz CT molecular complexity index is 532. The second kappa shape index (κ2) is 4.98. The molecule has 0 spiro atoms. The van der Waals surface area contributed by atoms with E-state index in [-0.39, 0.29) is 0 Å². The fourth-order valence-corrected chi connectivity index (χ4v) is 1.78. The maximum atomic E-state index is 9.75. The number of aliphatic hydroxyl groups is 3. The second-order valence-electron chi connectivity index (χ2n) is 3.78. The van der Waals surface area contributed by atoms with Gasteiger partial charge in [0.1, 0.15) is 17.4 Å². The highest BCUT2D eigenvalue weighted by atomic mass is 35.5. The van der Waals surface area contributed by atoms with E-state index in [0.29, 0.717) is 16.2 Å². The lowest BCUT2D eigenvalue weighted by Crippen LogP contribution is -2.21. The van der Waals surface area contributed by atoms with Gasteiger partial charge in [0.05, 0.1) is 12.1 Å². The molecule has 5 heteroatoms. The van der Waals surface area contributed by atoms with Crippen LogP contribution in [0, 0.1) is 0 Å². The van der Waals surface area contributed by atoms with Gasteiger partial charge < -0.3 is 15.3 Å². The van der Waals surface area contributed by atoms with Gasteiger partial charge in [0, 0.05) is 5.39 Å². The molecule has 17 heavy (non-hydrogen) atoms. The number of fused-ring (bicyclic) bond motifs is 1. The van der Waals surface area contributed by atoms with Gasteiger partial charge in [-0.2, -0.15) is 0 Å². The Morgan fingerprint density at radius 2 is 1.94 bits per heavy atom. The van der Waals surface area contributed by atoms with Crippen molar-refractivity contribution in [3.8, 4) is 0 Å². The van der Waals surface area contributed by atoms with E-state index in [1.807, 2.05) is 0 Å². The quantitative estimate of drug-likeness (QED) is 0.721. The summed E-state index contributed by atoms with van der Waals surface area (Å²) in [7, 11) is 0. The molecule has 1 aromatic carbocycles. The van der Waals surface area contributed by atoms with Gasteiger partial charge in [-0.3, -0.25) is 0 Å². The third kappa shape index (κ3) is 2.56. The van der Waals surface area contributed by atoms with E-state index in [0.717, 1.165) is 5.39 Å². The minimum atomic E-state index is -1.19. The minimum absolute atomic E-state index is 0.404. The lowest BCUT2D eigenvalue weighted by molar-refractivity contribution is -0.0152. The van der Waals surface area contributed by atoms with Crippen LogP contribution < -0.4 is 0 Å². The first kappa shape index (κ1) is 12.3. The molecule has 3 N–H and O–H groups in total. The highest BCUT2D eigenvalue weighted by molar-refractivity contribution is 6.29. The van der Waals surface area contributed by atoms with E-state index in [2.05, 4.69) is 4.98 Å². The van der Waals surface area contributed by atoms with Gasteiger partial charge in [0.15, 0.2) is 0 Å². The molecule has 0 radical (unpaired) electrons. The number of aromatic nitrogens is 1. The SMILES string of the molecule is OCC(O)C(O)c1ccc2nc(Cl)ccc2c1. The van der Waals surface area contributed by atoms with E-state index >= 15 is 0 Å². The molecular formula is C12H12ClNO3. The van der Waals surface area contributed by atoms with E-state index in [9.17, 15) is 10.2 Å². The van der Waals surface area contributed by atoms with Crippen LogP contribution in [-0.4, -0.2) is 33.0 Å². The Kier molecular flexibility index (Phi) is 3.59. The Morgan fingerprint density at radius 1 is 1.18 bits per heavy atom. The average Bonchev–Trinajstić information content (AvgIpc) is 2.36. The van der Waals surface area contributed by atoms with Gasteiger partial charge in [-0.15, -0.1) is 0 Å². The Morgan fingerprint density at radius 3 is 2.65 bits per heavy atom. The number of benzene rings is 1. The van der Waals surface area contributed by atoms with Gasteiger partial charge in [-0.05, 0) is 29.8 Å². The summed E-state index contributed by atoms with van der Waals surface area (Å²) >= 11 is 5.76. The first-order chi connectivity index (χ1) is 8.11. The zero-order chi connectivity index (χ0) is 12.4.